The number of thiazole rings is 1. The van der Waals surface area contributed by atoms with Crippen LogP contribution in [0.15, 0.2) is 23.7 Å². The number of hydrogen-bond donors (Lipinski definition) is 1. The van der Waals surface area contributed by atoms with Gasteiger partial charge in [-0.15, -0.1) is 11.3 Å². The van der Waals surface area contributed by atoms with Crippen LogP contribution in [0.1, 0.15) is 10.7 Å². The second-order valence-corrected chi connectivity index (χ2v) is 4.33. The van der Waals surface area contributed by atoms with Crippen LogP contribution in [-0.4, -0.2) is 17.1 Å². The Balaban J connectivity index is 2.04. The number of nitrogens with one attached hydrogen (secondary N) is 1. The lowest BCUT2D eigenvalue weighted by atomic mass is 10.4. The van der Waals surface area contributed by atoms with Gasteiger partial charge in [0.1, 0.15) is 0 Å². The number of nitrogens with zero attached hydrogens (tertiary/aromatic N) is 2. The fourth-order valence-corrected chi connectivity index (χ4v) is 1.98. The predicted molar refractivity (Wildman–Crippen MR) is 65.0 cm³/mol. The number of methoxy groups -OCH3 is 1. The molecular formula is C11H13N3OS. The highest BCUT2D eigenvalue weighted by atomic mass is 32.1. The van der Waals surface area contributed by atoms with Crippen molar-refractivity contribution in [3.8, 4) is 5.88 Å². The first-order chi connectivity index (χ1) is 7.79. The second-order valence-electron chi connectivity index (χ2n) is 3.27. The van der Waals surface area contributed by atoms with Gasteiger partial charge >= 0.3 is 0 Å². The van der Waals surface area contributed by atoms with Gasteiger partial charge in [0.05, 0.1) is 30.0 Å². The maximum Gasteiger partial charge on any atom is 0.237 e. The average Bonchev–Trinajstić information content (AvgIpc) is 2.73. The molecule has 0 aliphatic rings. The van der Waals surface area contributed by atoms with E-state index in [2.05, 4.69) is 15.3 Å². The smallest absolute Gasteiger partial charge is 0.237 e. The molecule has 4 nitrogen and oxygen atoms in total. The molecule has 2 rings (SSSR count). The highest BCUT2D eigenvalue weighted by Gasteiger charge is 2.03. The van der Waals surface area contributed by atoms with Crippen molar-refractivity contribution in [2.24, 2.45) is 0 Å². The Hall–Kier alpha value is -1.62. The molecule has 5 heteroatoms. The van der Waals surface area contributed by atoms with E-state index < -0.39 is 0 Å². The van der Waals surface area contributed by atoms with Crippen LogP contribution >= 0.6 is 11.3 Å². The summed E-state index contributed by atoms with van der Waals surface area (Å²) >= 11 is 1.65. The van der Waals surface area contributed by atoms with Crippen molar-refractivity contribution in [3.63, 3.8) is 0 Å². The maximum absolute atomic E-state index is 5.15. The third-order valence-electron chi connectivity index (χ3n) is 2.09. The highest BCUT2D eigenvalue weighted by molar-refractivity contribution is 7.09. The van der Waals surface area contributed by atoms with E-state index in [1.54, 1.807) is 24.6 Å². The molecule has 1 N–H and O–H groups in total. The van der Waals surface area contributed by atoms with Crippen molar-refractivity contribution in [2.45, 2.75) is 13.5 Å². The van der Waals surface area contributed by atoms with Crippen LogP contribution in [0.25, 0.3) is 0 Å². The van der Waals surface area contributed by atoms with Gasteiger partial charge in [-0.3, -0.25) is 0 Å². The molecule has 0 spiro atoms. The molecule has 0 saturated carbocycles. The number of aromatic nitrogens is 2. The van der Waals surface area contributed by atoms with Crippen LogP contribution in [-0.2, 0) is 6.54 Å². The van der Waals surface area contributed by atoms with Gasteiger partial charge in [0.15, 0.2) is 0 Å². The van der Waals surface area contributed by atoms with Crippen molar-refractivity contribution in [1.29, 1.82) is 0 Å². The first-order valence-electron chi connectivity index (χ1n) is 4.93. The lowest BCUT2D eigenvalue weighted by Gasteiger charge is -2.08. The third kappa shape index (κ3) is 2.49. The van der Waals surface area contributed by atoms with Gasteiger partial charge in [-0.2, -0.15) is 0 Å². The maximum atomic E-state index is 5.15. The summed E-state index contributed by atoms with van der Waals surface area (Å²) < 4.78 is 5.15. The summed E-state index contributed by atoms with van der Waals surface area (Å²) in [6, 6.07) is 3.81. The summed E-state index contributed by atoms with van der Waals surface area (Å²) in [5.74, 6) is 0.606. The molecule has 0 unspecified atom stereocenters. The molecule has 16 heavy (non-hydrogen) atoms. The minimum atomic E-state index is 0.606. The van der Waals surface area contributed by atoms with E-state index in [0.29, 0.717) is 12.4 Å². The van der Waals surface area contributed by atoms with E-state index in [1.807, 2.05) is 24.4 Å². The highest BCUT2D eigenvalue weighted by Crippen LogP contribution is 2.20. The normalized spacial score (nSPS) is 10.1. The molecule has 2 aromatic heterocycles. The van der Waals surface area contributed by atoms with Crippen LogP contribution in [0.2, 0.25) is 0 Å². The molecule has 0 amide bonds. The number of aryl methyl sites for hydroxylation is 1. The van der Waals surface area contributed by atoms with Gasteiger partial charge in [-0.25, -0.2) is 9.97 Å². The van der Waals surface area contributed by atoms with E-state index in [-0.39, 0.29) is 0 Å². The predicted octanol–water partition coefficient (Wildman–Crippen LogP) is 2.47. The van der Waals surface area contributed by atoms with Gasteiger partial charge in [-0.1, -0.05) is 0 Å². The SMILES string of the molecule is COc1ncccc1NCc1csc(C)n1. The topological polar surface area (TPSA) is 47.0 Å². The molecule has 0 bridgehead atoms. The second kappa shape index (κ2) is 4.94. The number of pyridine rings is 1. The van der Waals surface area contributed by atoms with Gasteiger partial charge in [0, 0.05) is 11.6 Å². The molecule has 84 valence electrons. The summed E-state index contributed by atoms with van der Waals surface area (Å²) in [5.41, 5.74) is 1.92. The Morgan fingerprint density at radius 2 is 2.38 bits per heavy atom. The van der Waals surface area contributed by atoms with Crippen molar-refractivity contribution < 1.29 is 4.74 Å². The standard InChI is InChI=1S/C11H13N3OS/c1-8-14-9(7-16-8)6-13-10-4-3-5-12-11(10)15-2/h3-5,7,13H,6H2,1-2H3. The summed E-state index contributed by atoms with van der Waals surface area (Å²) in [6.45, 7) is 2.69. The summed E-state index contributed by atoms with van der Waals surface area (Å²) in [7, 11) is 1.61. The molecule has 0 aliphatic heterocycles. The number of hydrogen-bond acceptors (Lipinski definition) is 5. The first kappa shape index (κ1) is 10.9. The quantitative estimate of drug-likeness (QED) is 0.884. The molecule has 0 radical (unpaired) electrons. The van der Waals surface area contributed by atoms with E-state index in [9.17, 15) is 0 Å². The Kier molecular flexibility index (Phi) is 3.36. The van der Waals surface area contributed by atoms with Crippen molar-refractivity contribution in [1.82, 2.24) is 9.97 Å². The van der Waals surface area contributed by atoms with Crippen LogP contribution in [0.4, 0.5) is 5.69 Å². The Morgan fingerprint density at radius 3 is 3.06 bits per heavy atom. The molecule has 2 aromatic rings. The molecule has 0 aliphatic carbocycles. The Labute approximate surface area is 98.3 Å². The van der Waals surface area contributed by atoms with Crippen molar-refractivity contribution in [2.75, 3.05) is 12.4 Å². The minimum Gasteiger partial charge on any atom is -0.480 e. The van der Waals surface area contributed by atoms with E-state index in [0.717, 1.165) is 16.4 Å². The van der Waals surface area contributed by atoms with Gasteiger partial charge in [0.25, 0.3) is 0 Å². The van der Waals surface area contributed by atoms with Crippen molar-refractivity contribution >= 4 is 17.0 Å². The van der Waals surface area contributed by atoms with Crippen LogP contribution in [0.5, 0.6) is 5.88 Å². The Morgan fingerprint density at radius 1 is 1.50 bits per heavy atom. The van der Waals surface area contributed by atoms with Gasteiger partial charge in [-0.05, 0) is 19.1 Å². The number of rotatable bonds is 4. The summed E-state index contributed by atoms with van der Waals surface area (Å²) in [4.78, 5) is 8.49. The molecule has 0 fully saturated rings. The monoisotopic (exact) mass is 235 g/mol. The summed E-state index contributed by atoms with van der Waals surface area (Å²) in [6.07, 6.45) is 1.71. The molecule has 0 saturated heterocycles. The average molecular weight is 235 g/mol. The van der Waals surface area contributed by atoms with E-state index in [1.165, 1.54) is 0 Å². The zero-order valence-electron chi connectivity index (χ0n) is 9.23. The number of anilines is 1. The van der Waals surface area contributed by atoms with Crippen LogP contribution in [0, 0.1) is 6.92 Å². The molecular weight excluding hydrogens is 222 g/mol. The number of ether oxygens (including phenoxy) is 1. The van der Waals surface area contributed by atoms with Crippen LogP contribution in [0.3, 0.4) is 0 Å². The molecule has 0 atom stereocenters. The molecule has 2 heterocycles. The van der Waals surface area contributed by atoms with Crippen molar-refractivity contribution in [3.05, 3.63) is 34.4 Å². The fraction of sp³-hybridized carbons (Fsp3) is 0.273. The van der Waals surface area contributed by atoms with E-state index in [4.69, 9.17) is 4.74 Å². The zero-order valence-corrected chi connectivity index (χ0v) is 10.0. The lowest BCUT2D eigenvalue weighted by molar-refractivity contribution is 0.399. The minimum absolute atomic E-state index is 0.606. The third-order valence-corrected chi connectivity index (χ3v) is 2.91. The molecule has 0 aromatic carbocycles. The van der Waals surface area contributed by atoms with Gasteiger partial charge in [0.2, 0.25) is 5.88 Å². The first-order valence-corrected chi connectivity index (χ1v) is 5.81. The fourth-order valence-electron chi connectivity index (χ4n) is 1.36. The van der Waals surface area contributed by atoms with E-state index >= 15 is 0 Å². The van der Waals surface area contributed by atoms with Crippen LogP contribution < -0.4 is 10.1 Å². The lowest BCUT2D eigenvalue weighted by Crippen LogP contribution is -2.02. The summed E-state index contributed by atoms with van der Waals surface area (Å²) in [5, 5.41) is 6.38. The Bertz CT molecular complexity index is 470. The zero-order chi connectivity index (χ0) is 11.4. The largest absolute Gasteiger partial charge is 0.480 e. The van der Waals surface area contributed by atoms with Gasteiger partial charge < -0.3 is 10.1 Å².